The van der Waals surface area contributed by atoms with E-state index in [9.17, 15) is 13.2 Å². The molecule has 1 amide bonds. The van der Waals surface area contributed by atoms with E-state index < -0.39 is 15.4 Å². The van der Waals surface area contributed by atoms with Gasteiger partial charge in [0, 0.05) is 48.8 Å². The van der Waals surface area contributed by atoms with Gasteiger partial charge in [-0.1, -0.05) is 0 Å². The van der Waals surface area contributed by atoms with E-state index in [-0.39, 0.29) is 28.9 Å². The lowest BCUT2D eigenvalue weighted by molar-refractivity contribution is -0.113. The van der Waals surface area contributed by atoms with Crippen molar-refractivity contribution in [1.29, 1.82) is 0 Å². The molecular weight excluding hydrogens is 484 g/mol. The van der Waals surface area contributed by atoms with Gasteiger partial charge in [-0.25, -0.2) is 23.2 Å². The Labute approximate surface area is 210 Å². The number of sulfone groups is 1. The quantitative estimate of drug-likeness (QED) is 0.522. The van der Waals surface area contributed by atoms with E-state index in [1.54, 1.807) is 29.2 Å². The van der Waals surface area contributed by atoms with E-state index in [2.05, 4.69) is 9.97 Å². The van der Waals surface area contributed by atoms with Gasteiger partial charge in [0.1, 0.15) is 23.9 Å². The second-order valence-corrected chi connectivity index (χ2v) is 12.4. The van der Waals surface area contributed by atoms with Gasteiger partial charge >= 0.3 is 6.09 Å². The van der Waals surface area contributed by atoms with E-state index in [4.69, 9.17) is 14.2 Å². The number of hydrogen-bond donors (Lipinski definition) is 0. The van der Waals surface area contributed by atoms with Gasteiger partial charge in [-0.2, -0.15) is 0 Å². The van der Waals surface area contributed by atoms with E-state index in [1.807, 2.05) is 37.6 Å². The molecule has 2 aromatic heterocycles. The van der Waals surface area contributed by atoms with Crippen LogP contribution in [0.5, 0.6) is 5.88 Å². The van der Waals surface area contributed by atoms with E-state index in [0.29, 0.717) is 38.0 Å². The maximum atomic E-state index is 12.6. The molecule has 1 aromatic carbocycles. The average molecular weight is 515 g/mol. The summed E-state index contributed by atoms with van der Waals surface area (Å²) in [4.78, 5) is 23.4. The Morgan fingerprint density at radius 3 is 2.47 bits per heavy atom. The number of nitrogens with zero attached hydrogens (tertiary/aromatic N) is 4. The standard InChI is InChI=1S/C25H30N4O6S/c1-25(2,3)35-24(30)28-11-17-13-33-14-18(12-28)23(17)34-22-10-21(26-15-27-22)29-8-7-16-9-19(36(4,31)32)5-6-20(16)29/h5-10,15,17-18,23H,11-14H2,1-4H3. The number of piperidine rings is 1. The topological polar surface area (TPSA) is 113 Å². The van der Waals surface area contributed by atoms with Gasteiger partial charge in [0.25, 0.3) is 0 Å². The Morgan fingerprint density at radius 2 is 1.81 bits per heavy atom. The van der Waals surface area contributed by atoms with Crippen molar-refractivity contribution in [1.82, 2.24) is 19.4 Å². The third-order valence-corrected chi connectivity index (χ3v) is 7.49. The molecule has 11 heteroatoms. The summed E-state index contributed by atoms with van der Waals surface area (Å²) in [6, 6.07) is 8.62. The molecule has 2 fully saturated rings. The molecule has 0 spiro atoms. The molecule has 0 aliphatic carbocycles. The Morgan fingerprint density at radius 1 is 1.08 bits per heavy atom. The van der Waals surface area contributed by atoms with Crippen LogP contribution in [0.25, 0.3) is 16.7 Å². The van der Waals surface area contributed by atoms with Crippen molar-refractivity contribution >= 4 is 26.8 Å². The van der Waals surface area contributed by atoms with Crippen molar-refractivity contribution in [2.45, 2.75) is 37.4 Å². The molecule has 2 atom stereocenters. The van der Waals surface area contributed by atoms with Gasteiger partial charge in [0.05, 0.1) is 23.6 Å². The zero-order valence-electron chi connectivity index (χ0n) is 20.7. The molecule has 2 bridgehead atoms. The first-order valence-corrected chi connectivity index (χ1v) is 13.7. The Balaban J connectivity index is 1.35. The molecule has 5 rings (SSSR count). The van der Waals surface area contributed by atoms with Gasteiger partial charge in [0.15, 0.2) is 9.84 Å². The fourth-order valence-corrected chi connectivity index (χ4v) is 5.44. The molecule has 2 unspecified atom stereocenters. The first-order valence-electron chi connectivity index (χ1n) is 11.8. The number of benzene rings is 1. The second kappa shape index (κ2) is 9.04. The monoisotopic (exact) mass is 514 g/mol. The lowest BCUT2D eigenvalue weighted by Crippen LogP contribution is -2.59. The number of fused-ring (bicyclic) bond motifs is 3. The number of aromatic nitrogens is 3. The van der Waals surface area contributed by atoms with Crippen LogP contribution in [0.15, 0.2) is 47.8 Å². The summed E-state index contributed by atoms with van der Waals surface area (Å²) in [5, 5.41) is 0.792. The van der Waals surface area contributed by atoms with Gasteiger partial charge in [-0.3, -0.25) is 0 Å². The van der Waals surface area contributed by atoms with Crippen LogP contribution in [-0.4, -0.2) is 78.2 Å². The first-order chi connectivity index (χ1) is 17.0. The lowest BCUT2D eigenvalue weighted by Gasteiger charge is -2.46. The summed E-state index contributed by atoms with van der Waals surface area (Å²) < 4.78 is 43.4. The highest BCUT2D eigenvalue weighted by Gasteiger charge is 2.44. The van der Waals surface area contributed by atoms with Gasteiger partial charge in [-0.05, 0) is 45.0 Å². The predicted molar refractivity (Wildman–Crippen MR) is 132 cm³/mol. The molecule has 4 heterocycles. The number of rotatable bonds is 4. The van der Waals surface area contributed by atoms with Crippen LogP contribution in [-0.2, 0) is 19.3 Å². The van der Waals surface area contributed by atoms with Gasteiger partial charge in [0.2, 0.25) is 5.88 Å². The molecule has 0 N–H and O–H groups in total. The summed E-state index contributed by atoms with van der Waals surface area (Å²) in [6.07, 6.45) is 4.01. The van der Waals surface area contributed by atoms with Crippen molar-refractivity contribution < 1.29 is 27.4 Å². The fraction of sp³-hybridized carbons (Fsp3) is 0.480. The Bertz CT molecular complexity index is 1380. The summed E-state index contributed by atoms with van der Waals surface area (Å²) in [5.74, 6) is 1.02. The predicted octanol–water partition coefficient (Wildman–Crippen LogP) is 3.08. The van der Waals surface area contributed by atoms with Crippen LogP contribution >= 0.6 is 0 Å². The molecule has 192 valence electrons. The zero-order valence-corrected chi connectivity index (χ0v) is 21.6. The minimum absolute atomic E-state index is 0.00902. The highest BCUT2D eigenvalue weighted by atomic mass is 32.2. The van der Waals surface area contributed by atoms with Crippen molar-refractivity contribution in [3.8, 4) is 11.7 Å². The first kappa shape index (κ1) is 24.5. The highest BCUT2D eigenvalue weighted by molar-refractivity contribution is 7.90. The lowest BCUT2D eigenvalue weighted by atomic mass is 9.84. The number of carbonyl (C=O) groups is 1. The number of hydrogen-bond acceptors (Lipinski definition) is 8. The number of ether oxygens (including phenoxy) is 3. The number of amides is 1. The van der Waals surface area contributed by atoms with Crippen LogP contribution in [0.2, 0.25) is 0 Å². The average Bonchev–Trinajstić information content (AvgIpc) is 3.21. The van der Waals surface area contributed by atoms with E-state index in [1.165, 1.54) is 12.6 Å². The highest BCUT2D eigenvalue weighted by Crippen LogP contribution is 2.32. The van der Waals surface area contributed by atoms with Crippen LogP contribution < -0.4 is 4.74 Å². The molecule has 36 heavy (non-hydrogen) atoms. The number of carbonyl (C=O) groups excluding carboxylic acids is 1. The third-order valence-electron chi connectivity index (χ3n) is 6.38. The van der Waals surface area contributed by atoms with Crippen LogP contribution in [0.3, 0.4) is 0 Å². The van der Waals surface area contributed by atoms with Crippen molar-refractivity contribution in [2.75, 3.05) is 32.6 Å². The summed E-state index contributed by atoms with van der Waals surface area (Å²) in [5.41, 5.74) is 0.269. The third kappa shape index (κ3) is 5.03. The maximum Gasteiger partial charge on any atom is 0.410 e. The number of likely N-dealkylation sites (tertiary alicyclic amines) is 1. The maximum absolute atomic E-state index is 12.6. The SMILES string of the molecule is CC(C)(C)OC(=O)N1CC2COCC(C1)C2Oc1cc(-n2ccc3cc(S(C)(=O)=O)ccc32)ncn1. The smallest absolute Gasteiger partial charge is 0.410 e. The molecule has 3 aromatic rings. The summed E-state index contributed by atoms with van der Waals surface area (Å²) in [7, 11) is -3.30. The molecule has 0 saturated carbocycles. The van der Waals surface area contributed by atoms with Gasteiger partial charge < -0.3 is 23.7 Å². The van der Waals surface area contributed by atoms with Crippen molar-refractivity contribution in [3.63, 3.8) is 0 Å². The van der Waals surface area contributed by atoms with Crippen LogP contribution in [0.1, 0.15) is 20.8 Å². The normalized spacial score (nSPS) is 22.4. The molecule has 2 aliphatic heterocycles. The minimum Gasteiger partial charge on any atom is -0.473 e. The largest absolute Gasteiger partial charge is 0.473 e. The Hall–Kier alpha value is -3.18. The second-order valence-electron chi connectivity index (χ2n) is 10.4. The summed E-state index contributed by atoms with van der Waals surface area (Å²) >= 11 is 0. The van der Waals surface area contributed by atoms with Crippen molar-refractivity contribution in [3.05, 3.63) is 42.9 Å². The van der Waals surface area contributed by atoms with E-state index in [0.717, 1.165) is 10.9 Å². The van der Waals surface area contributed by atoms with E-state index >= 15 is 0 Å². The molecule has 0 radical (unpaired) electrons. The molecular formula is C25H30N4O6S. The zero-order chi connectivity index (χ0) is 25.7. The molecule has 10 nitrogen and oxygen atoms in total. The van der Waals surface area contributed by atoms with Crippen LogP contribution in [0.4, 0.5) is 4.79 Å². The van der Waals surface area contributed by atoms with Gasteiger partial charge in [-0.15, -0.1) is 0 Å². The minimum atomic E-state index is -3.30. The molecule has 2 saturated heterocycles. The fourth-order valence-electron chi connectivity index (χ4n) is 4.78. The molecule has 2 aliphatic rings. The van der Waals surface area contributed by atoms with Crippen molar-refractivity contribution in [2.24, 2.45) is 11.8 Å². The summed E-state index contributed by atoms with van der Waals surface area (Å²) in [6.45, 7) is 7.52. The Kier molecular flexibility index (Phi) is 6.16. The van der Waals surface area contributed by atoms with Crippen LogP contribution in [0, 0.1) is 11.8 Å².